The van der Waals surface area contributed by atoms with Gasteiger partial charge in [-0.05, 0) is 26.7 Å². The summed E-state index contributed by atoms with van der Waals surface area (Å²) in [5, 5.41) is 9.26. The number of ether oxygens (including phenoxy) is 1. The molecule has 4 nitrogen and oxygen atoms in total. The Hall–Kier alpha value is -1.32. The second-order valence-corrected chi connectivity index (χ2v) is 5.02. The molecule has 0 amide bonds. The largest absolute Gasteiger partial charge is 0.481 e. The first kappa shape index (κ1) is 14.7. The molecule has 0 aliphatic carbocycles. The van der Waals surface area contributed by atoms with Crippen LogP contribution in [0.3, 0.4) is 0 Å². The minimum absolute atomic E-state index is 0.336. The van der Waals surface area contributed by atoms with Crippen LogP contribution >= 0.6 is 0 Å². The van der Waals surface area contributed by atoms with E-state index in [0.29, 0.717) is 12.0 Å². The highest BCUT2D eigenvalue weighted by atomic mass is 16.6. The highest BCUT2D eigenvalue weighted by molar-refractivity contribution is 5.98. The maximum absolute atomic E-state index is 11.7. The van der Waals surface area contributed by atoms with Crippen molar-refractivity contribution in [3.05, 3.63) is 11.1 Å². The molecule has 0 unspecified atom stereocenters. The quantitative estimate of drug-likeness (QED) is 0.449. The Balaban J connectivity index is 2.71. The van der Waals surface area contributed by atoms with E-state index in [0.717, 1.165) is 31.3 Å². The second-order valence-electron chi connectivity index (χ2n) is 5.02. The summed E-state index contributed by atoms with van der Waals surface area (Å²) in [6, 6.07) is 0. The number of carbonyl (C=O) groups is 2. The molecule has 18 heavy (non-hydrogen) atoms. The van der Waals surface area contributed by atoms with Crippen molar-refractivity contribution in [2.24, 2.45) is 5.92 Å². The van der Waals surface area contributed by atoms with Crippen molar-refractivity contribution in [2.45, 2.75) is 59.0 Å². The minimum Gasteiger partial charge on any atom is -0.481 e. The lowest BCUT2D eigenvalue weighted by atomic mass is 9.90. The lowest BCUT2D eigenvalue weighted by Crippen LogP contribution is -2.25. The predicted octanol–water partition coefficient (Wildman–Crippen LogP) is 2.92. The van der Waals surface area contributed by atoms with Crippen molar-refractivity contribution in [1.82, 2.24) is 0 Å². The maximum atomic E-state index is 11.7. The van der Waals surface area contributed by atoms with Gasteiger partial charge < -0.3 is 9.84 Å². The number of esters is 1. The predicted molar refractivity (Wildman–Crippen MR) is 68.1 cm³/mol. The normalized spacial score (nSPS) is 23.1. The molecule has 1 fully saturated rings. The molecule has 0 aromatic carbocycles. The lowest BCUT2D eigenvalue weighted by Gasteiger charge is -2.14. The summed E-state index contributed by atoms with van der Waals surface area (Å²) in [6.07, 6.45) is 4.38. The van der Waals surface area contributed by atoms with Gasteiger partial charge in [0, 0.05) is 0 Å². The smallest absolute Gasteiger partial charge is 0.335 e. The Labute approximate surface area is 108 Å². The van der Waals surface area contributed by atoms with Crippen LogP contribution in [0.5, 0.6) is 0 Å². The summed E-state index contributed by atoms with van der Waals surface area (Å²) in [6.45, 7) is 5.63. The summed E-state index contributed by atoms with van der Waals surface area (Å²) in [5.41, 5.74) is 1.08. The average Bonchev–Trinajstić information content (AvgIpc) is 2.61. The van der Waals surface area contributed by atoms with Gasteiger partial charge in [-0.2, -0.15) is 0 Å². The van der Waals surface area contributed by atoms with Crippen molar-refractivity contribution < 1.29 is 19.4 Å². The van der Waals surface area contributed by atoms with Crippen molar-refractivity contribution in [3.8, 4) is 0 Å². The third kappa shape index (κ3) is 3.34. The van der Waals surface area contributed by atoms with Gasteiger partial charge in [-0.15, -0.1) is 0 Å². The third-order valence-corrected chi connectivity index (χ3v) is 3.31. The molecule has 0 radical (unpaired) electrons. The van der Waals surface area contributed by atoms with Gasteiger partial charge in [0.1, 0.15) is 12.0 Å². The zero-order chi connectivity index (χ0) is 13.7. The van der Waals surface area contributed by atoms with Crippen LogP contribution in [0, 0.1) is 5.92 Å². The molecule has 1 saturated heterocycles. The van der Waals surface area contributed by atoms with Gasteiger partial charge in [-0.3, -0.25) is 4.79 Å². The highest BCUT2D eigenvalue weighted by Gasteiger charge is 2.44. The second kappa shape index (κ2) is 6.57. The molecule has 1 aliphatic heterocycles. The van der Waals surface area contributed by atoms with Crippen LogP contribution in [0.25, 0.3) is 0 Å². The number of allylic oxidation sites excluding steroid dienone is 1. The molecule has 1 heterocycles. The third-order valence-electron chi connectivity index (χ3n) is 3.31. The lowest BCUT2D eigenvalue weighted by molar-refractivity contribution is -0.144. The SMILES string of the molecule is CCCCCC[C@H]1OC(=O)C(=C(C)C)[C@@H]1C(=O)O. The zero-order valence-electron chi connectivity index (χ0n) is 11.4. The maximum Gasteiger partial charge on any atom is 0.335 e. The summed E-state index contributed by atoms with van der Waals surface area (Å²) in [7, 11) is 0. The van der Waals surface area contributed by atoms with E-state index < -0.39 is 24.0 Å². The summed E-state index contributed by atoms with van der Waals surface area (Å²) in [4.78, 5) is 23.0. The summed E-state index contributed by atoms with van der Waals surface area (Å²) < 4.78 is 5.21. The summed E-state index contributed by atoms with van der Waals surface area (Å²) >= 11 is 0. The van der Waals surface area contributed by atoms with Crippen LogP contribution < -0.4 is 0 Å². The van der Waals surface area contributed by atoms with Gasteiger partial charge in [0.15, 0.2) is 0 Å². The molecule has 1 rings (SSSR count). The number of cyclic esters (lactones) is 1. The van der Waals surface area contributed by atoms with Gasteiger partial charge in [0.25, 0.3) is 0 Å². The number of rotatable bonds is 6. The monoisotopic (exact) mass is 254 g/mol. The average molecular weight is 254 g/mol. The molecule has 1 aliphatic rings. The number of unbranched alkanes of at least 4 members (excludes halogenated alkanes) is 3. The van der Waals surface area contributed by atoms with E-state index in [1.165, 1.54) is 0 Å². The molecule has 4 heteroatoms. The topological polar surface area (TPSA) is 63.6 Å². The standard InChI is InChI=1S/C14H22O4/c1-4-5-6-7-8-10-12(13(15)16)11(9(2)3)14(17)18-10/h10,12H,4-8H2,1-3H3,(H,15,16)/t10-,12-/m1/s1. The fourth-order valence-electron chi connectivity index (χ4n) is 2.38. The van der Waals surface area contributed by atoms with E-state index in [1.807, 2.05) is 0 Å². The van der Waals surface area contributed by atoms with Crippen LogP contribution in [0.1, 0.15) is 52.9 Å². The fourth-order valence-corrected chi connectivity index (χ4v) is 2.38. The molecule has 0 spiro atoms. The van der Waals surface area contributed by atoms with E-state index in [4.69, 9.17) is 4.74 Å². The Morgan fingerprint density at radius 2 is 1.94 bits per heavy atom. The molecule has 102 valence electrons. The number of hydrogen-bond acceptors (Lipinski definition) is 3. The zero-order valence-corrected chi connectivity index (χ0v) is 11.4. The summed E-state index contributed by atoms with van der Waals surface area (Å²) in [5.74, 6) is -2.20. The molecule has 0 aromatic heterocycles. The molecule has 2 atom stereocenters. The first-order valence-corrected chi connectivity index (χ1v) is 6.60. The van der Waals surface area contributed by atoms with Crippen LogP contribution in [0.15, 0.2) is 11.1 Å². The molecular formula is C14H22O4. The van der Waals surface area contributed by atoms with Crippen molar-refractivity contribution in [1.29, 1.82) is 0 Å². The number of carboxylic acid groups (broad SMARTS) is 1. The minimum atomic E-state index is -0.961. The van der Waals surface area contributed by atoms with Crippen LogP contribution in [0.4, 0.5) is 0 Å². The molecule has 0 saturated carbocycles. The van der Waals surface area contributed by atoms with E-state index >= 15 is 0 Å². The van der Waals surface area contributed by atoms with Gasteiger partial charge in [0.05, 0.1) is 5.57 Å². The highest BCUT2D eigenvalue weighted by Crippen LogP contribution is 2.33. The van der Waals surface area contributed by atoms with Crippen molar-refractivity contribution in [2.75, 3.05) is 0 Å². The first-order chi connectivity index (χ1) is 8.49. The number of carbonyl (C=O) groups excluding carboxylic acids is 1. The van der Waals surface area contributed by atoms with E-state index in [2.05, 4.69) is 6.92 Å². The molecular weight excluding hydrogens is 232 g/mol. The molecule has 1 N–H and O–H groups in total. The van der Waals surface area contributed by atoms with Crippen molar-refractivity contribution in [3.63, 3.8) is 0 Å². The van der Waals surface area contributed by atoms with Gasteiger partial charge in [0.2, 0.25) is 0 Å². The van der Waals surface area contributed by atoms with E-state index in [-0.39, 0.29) is 0 Å². The first-order valence-electron chi connectivity index (χ1n) is 6.60. The van der Waals surface area contributed by atoms with Crippen molar-refractivity contribution >= 4 is 11.9 Å². The number of hydrogen-bond donors (Lipinski definition) is 1. The Morgan fingerprint density at radius 1 is 1.28 bits per heavy atom. The fraction of sp³-hybridized carbons (Fsp3) is 0.714. The Bertz CT molecular complexity index is 353. The Kier molecular flexibility index (Phi) is 5.38. The molecule has 0 aromatic rings. The number of aliphatic carboxylic acids is 1. The van der Waals surface area contributed by atoms with Gasteiger partial charge in [-0.1, -0.05) is 31.8 Å². The van der Waals surface area contributed by atoms with E-state index in [9.17, 15) is 14.7 Å². The van der Waals surface area contributed by atoms with Crippen LogP contribution in [-0.4, -0.2) is 23.1 Å². The number of carboxylic acids is 1. The molecule has 0 bridgehead atoms. The van der Waals surface area contributed by atoms with Gasteiger partial charge in [-0.25, -0.2) is 4.79 Å². The van der Waals surface area contributed by atoms with Crippen LogP contribution in [-0.2, 0) is 14.3 Å². The van der Waals surface area contributed by atoms with Gasteiger partial charge >= 0.3 is 11.9 Å². The van der Waals surface area contributed by atoms with E-state index in [1.54, 1.807) is 13.8 Å². The van der Waals surface area contributed by atoms with Crippen LogP contribution in [0.2, 0.25) is 0 Å². The Morgan fingerprint density at radius 3 is 2.44 bits per heavy atom.